The van der Waals surface area contributed by atoms with Crippen molar-refractivity contribution in [1.82, 2.24) is 4.98 Å². The standard InChI is InChI=1S/C7H9N3S/c1-5(2)10-7-6(3-8)11-4-9-7/h4-5,10H,1-2H3. The molecule has 0 aromatic carbocycles. The van der Waals surface area contributed by atoms with E-state index in [1.165, 1.54) is 11.3 Å². The SMILES string of the molecule is CC(C)Nc1ncsc1C#N. The van der Waals surface area contributed by atoms with Crippen molar-refractivity contribution in [3.8, 4) is 6.07 Å². The van der Waals surface area contributed by atoms with Crippen molar-refractivity contribution in [2.45, 2.75) is 19.9 Å². The van der Waals surface area contributed by atoms with Gasteiger partial charge in [-0.2, -0.15) is 5.26 Å². The Bertz CT molecular complexity index is 271. The van der Waals surface area contributed by atoms with Crippen LogP contribution >= 0.6 is 11.3 Å². The van der Waals surface area contributed by atoms with E-state index in [9.17, 15) is 0 Å². The summed E-state index contributed by atoms with van der Waals surface area (Å²) in [4.78, 5) is 4.66. The molecule has 4 heteroatoms. The molecule has 0 radical (unpaired) electrons. The van der Waals surface area contributed by atoms with Gasteiger partial charge in [-0.3, -0.25) is 0 Å². The van der Waals surface area contributed by atoms with Gasteiger partial charge in [0.15, 0.2) is 5.82 Å². The number of nitrogens with one attached hydrogen (secondary N) is 1. The van der Waals surface area contributed by atoms with E-state index < -0.39 is 0 Å². The summed E-state index contributed by atoms with van der Waals surface area (Å²) in [6.45, 7) is 4.03. The van der Waals surface area contributed by atoms with Crippen LogP contribution < -0.4 is 5.32 Å². The summed E-state index contributed by atoms with van der Waals surface area (Å²) in [5.74, 6) is 0.701. The number of thiazole rings is 1. The molecule has 0 aliphatic carbocycles. The Morgan fingerprint density at radius 3 is 3.00 bits per heavy atom. The Morgan fingerprint density at radius 1 is 1.73 bits per heavy atom. The molecule has 3 nitrogen and oxygen atoms in total. The highest BCUT2D eigenvalue weighted by Crippen LogP contribution is 2.17. The predicted molar refractivity (Wildman–Crippen MR) is 45.6 cm³/mol. The zero-order chi connectivity index (χ0) is 8.27. The fourth-order valence-corrected chi connectivity index (χ4v) is 1.24. The minimum absolute atomic E-state index is 0.323. The van der Waals surface area contributed by atoms with Gasteiger partial charge in [0.1, 0.15) is 10.9 Å². The van der Waals surface area contributed by atoms with Crippen molar-refractivity contribution in [2.75, 3.05) is 5.32 Å². The third-order valence-corrected chi connectivity index (χ3v) is 1.83. The minimum atomic E-state index is 0.323. The van der Waals surface area contributed by atoms with Crippen molar-refractivity contribution in [3.05, 3.63) is 10.4 Å². The van der Waals surface area contributed by atoms with Crippen LogP contribution in [0.2, 0.25) is 0 Å². The summed E-state index contributed by atoms with van der Waals surface area (Å²) in [6, 6.07) is 2.40. The summed E-state index contributed by atoms with van der Waals surface area (Å²) < 4.78 is 0. The van der Waals surface area contributed by atoms with Crippen LogP contribution in [0.1, 0.15) is 18.7 Å². The van der Waals surface area contributed by atoms with E-state index in [1.54, 1.807) is 5.51 Å². The van der Waals surface area contributed by atoms with Gasteiger partial charge < -0.3 is 5.32 Å². The fraction of sp³-hybridized carbons (Fsp3) is 0.429. The van der Waals surface area contributed by atoms with E-state index >= 15 is 0 Å². The lowest BCUT2D eigenvalue weighted by atomic mass is 10.4. The van der Waals surface area contributed by atoms with E-state index in [1.807, 2.05) is 13.8 Å². The van der Waals surface area contributed by atoms with Gasteiger partial charge >= 0.3 is 0 Å². The molecule has 58 valence electrons. The van der Waals surface area contributed by atoms with Crippen molar-refractivity contribution < 1.29 is 0 Å². The molecule has 0 aliphatic rings. The highest BCUT2D eigenvalue weighted by atomic mass is 32.1. The fourth-order valence-electron chi connectivity index (χ4n) is 0.702. The van der Waals surface area contributed by atoms with Gasteiger partial charge in [-0.25, -0.2) is 4.98 Å². The number of nitriles is 1. The van der Waals surface area contributed by atoms with Crippen LogP contribution in [0.5, 0.6) is 0 Å². The lowest BCUT2D eigenvalue weighted by Crippen LogP contribution is -2.10. The first-order valence-electron chi connectivity index (χ1n) is 3.34. The lowest BCUT2D eigenvalue weighted by molar-refractivity contribution is 0.891. The second kappa shape index (κ2) is 3.35. The normalized spacial score (nSPS) is 9.64. The van der Waals surface area contributed by atoms with Crippen molar-refractivity contribution >= 4 is 17.2 Å². The molecule has 0 aliphatic heterocycles. The zero-order valence-corrected chi connectivity index (χ0v) is 7.27. The molecule has 0 amide bonds. The van der Waals surface area contributed by atoms with Gasteiger partial charge in [-0.15, -0.1) is 11.3 Å². The molecule has 1 aromatic heterocycles. The summed E-state index contributed by atoms with van der Waals surface area (Å²) in [5.41, 5.74) is 1.67. The third-order valence-electron chi connectivity index (χ3n) is 1.09. The number of rotatable bonds is 2. The van der Waals surface area contributed by atoms with Gasteiger partial charge in [0.05, 0.1) is 5.51 Å². The second-order valence-corrected chi connectivity index (χ2v) is 3.30. The molecule has 1 N–H and O–H groups in total. The van der Waals surface area contributed by atoms with E-state index in [4.69, 9.17) is 5.26 Å². The van der Waals surface area contributed by atoms with Crippen LogP contribution in [0.3, 0.4) is 0 Å². The van der Waals surface area contributed by atoms with Crippen LogP contribution in [-0.2, 0) is 0 Å². The van der Waals surface area contributed by atoms with E-state index in [0.29, 0.717) is 16.7 Å². The summed E-state index contributed by atoms with van der Waals surface area (Å²) in [6.07, 6.45) is 0. The largest absolute Gasteiger partial charge is 0.366 e. The third kappa shape index (κ3) is 1.92. The molecule has 0 fully saturated rings. The molecule has 0 saturated carbocycles. The second-order valence-electron chi connectivity index (χ2n) is 2.44. The molecule has 1 aromatic rings. The molecule has 0 spiro atoms. The average Bonchev–Trinajstić information content (AvgIpc) is 2.34. The quantitative estimate of drug-likeness (QED) is 0.731. The zero-order valence-electron chi connectivity index (χ0n) is 6.46. The Morgan fingerprint density at radius 2 is 2.45 bits per heavy atom. The van der Waals surface area contributed by atoms with Gasteiger partial charge in [-0.05, 0) is 13.8 Å². The lowest BCUT2D eigenvalue weighted by Gasteiger charge is -2.05. The first-order chi connectivity index (χ1) is 5.24. The Hall–Kier alpha value is -1.08. The number of hydrogen-bond acceptors (Lipinski definition) is 4. The van der Waals surface area contributed by atoms with Gasteiger partial charge in [0.25, 0.3) is 0 Å². The van der Waals surface area contributed by atoms with Crippen molar-refractivity contribution in [3.63, 3.8) is 0 Å². The number of nitrogens with zero attached hydrogens (tertiary/aromatic N) is 2. The van der Waals surface area contributed by atoms with Crippen molar-refractivity contribution in [1.29, 1.82) is 5.26 Å². The van der Waals surface area contributed by atoms with Crippen LogP contribution in [0.15, 0.2) is 5.51 Å². The molecule has 0 unspecified atom stereocenters. The molecule has 0 atom stereocenters. The topological polar surface area (TPSA) is 48.7 Å². The summed E-state index contributed by atoms with van der Waals surface area (Å²) in [5, 5.41) is 11.7. The van der Waals surface area contributed by atoms with Crippen LogP contribution in [0.25, 0.3) is 0 Å². The number of anilines is 1. The maximum atomic E-state index is 8.60. The average molecular weight is 167 g/mol. The van der Waals surface area contributed by atoms with Gasteiger partial charge in [0, 0.05) is 6.04 Å². The maximum Gasteiger partial charge on any atom is 0.155 e. The Balaban J connectivity index is 2.79. The predicted octanol–water partition coefficient (Wildman–Crippen LogP) is 1.84. The van der Waals surface area contributed by atoms with Crippen LogP contribution in [0, 0.1) is 11.3 Å². The van der Waals surface area contributed by atoms with E-state index in [-0.39, 0.29) is 0 Å². The van der Waals surface area contributed by atoms with E-state index in [2.05, 4.69) is 16.4 Å². The highest BCUT2D eigenvalue weighted by molar-refractivity contribution is 7.10. The first-order valence-corrected chi connectivity index (χ1v) is 4.22. The Kier molecular flexibility index (Phi) is 2.44. The summed E-state index contributed by atoms with van der Waals surface area (Å²) >= 11 is 1.36. The van der Waals surface area contributed by atoms with Crippen molar-refractivity contribution in [2.24, 2.45) is 0 Å². The number of hydrogen-bond donors (Lipinski definition) is 1. The minimum Gasteiger partial charge on any atom is -0.366 e. The molecule has 1 heterocycles. The summed E-state index contributed by atoms with van der Waals surface area (Å²) in [7, 11) is 0. The van der Waals surface area contributed by atoms with Gasteiger partial charge in [-0.1, -0.05) is 0 Å². The van der Waals surface area contributed by atoms with E-state index in [0.717, 1.165) is 0 Å². The van der Waals surface area contributed by atoms with Gasteiger partial charge in [0.2, 0.25) is 0 Å². The molecule has 0 saturated heterocycles. The number of aromatic nitrogens is 1. The molecular formula is C7H9N3S. The monoisotopic (exact) mass is 167 g/mol. The van der Waals surface area contributed by atoms with Crippen LogP contribution in [0.4, 0.5) is 5.82 Å². The molecule has 0 bridgehead atoms. The molecule has 11 heavy (non-hydrogen) atoms. The Labute approximate surface area is 69.7 Å². The maximum absolute atomic E-state index is 8.60. The smallest absolute Gasteiger partial charge is 0.155 e. The first kappa shape index (κ1) is 8.02. The molecular weight excluding hydrogens is 158 g/mol. The van der Waals surface area contributed by atoms with Crippen LogP contribution in [-0.4, -0.2) is 11.0 Å². The highest BCUT2D eigenvalue weighted by Gasteiger charge is 2.04. The molecule has 1 rings (SSSR count).